The maximum atomic E-state index is 12.5. The predicted molar refractivity (Wildman–Crippen MR) is 109 cm³/mol. The Morgan fingerprint density at radius 2 is 1.32 bits per heavy atom. The van der Waals surface area contributed by atoms with Gasteiger partial charge in [0.05, 0.1) is 11.5 Å². The summed E-state index contributed by atoms with van der Waals surface area (Å²) in [5.74, 6) is -0.166. The highest BCUT2D eigenvalue weighted by Gasteiger charge is 2.13. The van der Waals surface area contributed by atoms with E-state index < -0.39 is 4.92 Å². The van der Waals surface area contributed by atoms with Crippen LogP contribution in [0, 0.1) is 10.1 Å². The summed E-state index contributed by atoms with van der Waals surface area (Å²) in [4.78, 5) is 24.9. The van der Waals surface area contributed by atoms with Crippen molar-refractivity contribution in [3.05, 3.63) is 106 Å². The smallest absolute Gasteiger partial charge is 0.269 e. The van der Waals surface area contributed by atoms with E-state index in [1.807, 2.05) is 60.7 Å². The zero-order chi connectivity index (χ0) is 19.8. The molecular formula is C22H21N3O3. The number of rotatable bonds is 8. The maximum Gasteiger partial charge on any atom is 0.269 e. The van der Waals surface area contributed by atoms with Crippen molar-refractivity contribution < 1.29 is 9.72 Å². The Balaban J connectivity index is 1.67. The minimum Gasteiger partial charge on any atom is -0.325 e. The van der Waals surface area contributed by atoms with E-state index >= 15 is 0 Å². The molecule has 6 heteroatoms. The van der Waals surface area contributed by atoms with Crippen molar-refractivity contribution in [2.24, 2.45) is 0 Å². The number of anilines is 1. The highest BCUT2D eigenvalue weighted by atomic mass is 16.6. The molecular weight excluding hydrogens is 354 g/mol. The summed E-state index contributed by atoms with van der Waals surface area (Å²) >= 11 is 0. The van der Waals surface area contributed by atoms with E-state index in [4.69, 9.17) is 0 Å². The van der Waals surface area contributed by atoms with E-state index in [9.17, 15) is 14.9 Å². The molecule has 1 N–H and O–H groups in total. The molecule has 6 nitrogen and oxygen atoms in total. The molecule has 0 heterocycles. The van der Waals surface area contributed by atoms with Gasteiger partial charge in [0.2, 0.25) is 5.91 Å². The zero-order valence-corrected chi connectivity index (χ0v) is 15.3. The van der Waals surface area contributed by atoms with Gasteiger partial charge in [-0.25, -0.2) is 0 Å². The Hall–Kier alpha value is -3.51. The van der Waals surface area contributed by atoms with E-state index in [2.05, 4.69) is 10.2 Å². The Morgan fingerprint density at radius 1 is 0.821 bits per heavy atom. The minimum absolute atomic E-state index is 0.00668. The van der Waals surface area contributed by atoms with Gasteiger partial charge < -0.3 is 5.32 Å². The number of carbonyl (C=O) groups is 1. The highest BCUT2D eigenvalue weighted by molar-refractivity contribution is 5.92. The lowest BCUT2D eigenvalue weighted by Crippen LogP contribution is -2.32. The predicted octanol–water partition coefficient (Wildman–Crippen LogP) is 4.24. The quantitative estimate of drug-likeness (QED) is 0.472. The summed E-state index contributed by atoms with van der Waals surface area (Å²) in [6, 6.07) is 25.8. The summed E-state index contributed by atoms with van der Waals surface area (Å²) in [6.45, 7) is 1.49. The summed E-state index contributed by atoms with van der Waals surface area (Å²) in [6.07, 6.45) is 0. The molecule has 0 saturated carbocycles. The lowest BCUT2D eigenvalue weighted by Gasteiger charge is -2.22. The average Bonchev–Trinajstić information content (AvgIpc) is 2.70. The fourth-order valence-electron chi connectivity index (χ4n) is 2.92. The van der Waals surface area contributed by atoms with Gasteiger partial charge in [-0.15, -0.1) is 0 Å². The monoisotopic (exact) mass is 375 g/mol. The SMILES string of the molecule is O=C(CN(Cc1ccccc1)Cc1ccccc1)Nc1ccc([N+](=O)[O-])cc1. The van der Waals surface area contributed by atoms with Gasteiger partial charge in [-0.3, -0.25) is 19.8 Å². The Bertz CT molecular complexity index is 871. The van der Waals surface area contributed by atoms with Crippen LogP contribution in [0.3, 0.4) is 0 Å². The Morgan fingerprint density at radius 3 is 1.79 bits per heavy atom. The van der Waals surface area contributed by atoms with E-state index in [1.54, 1.807) is 0 Å². The maximum absolute atomic E-state index is 12.5. The van der Waals surface area contributed by atoms with Crippen molar-refractivity contribution in [1.29, 1.82) is 0 Å². The van der Waals surface area contributed by atoms with Crippen LogP contribution >= 0.6 is 0 Å². The van der Waals surface area contributed by atoms with Crippen LogP contribution in [0.5, 0.6) is 0 Å². The molecule has 3 aromatic rings. The summed E-state index contributed by atoms with van der Waals surface area (Å²) in [5.41, 5.74) is 2.78. The number of carbonyl (C=O) groups excluding carboxylic acids is 1. The second-order valence-corrected chi connectivity index (χ2v) is 6.47. The van der Waals surface area contributed by atoms with Gasteiger partial charge in [0.1, 0.15) is 0 Å². The van der Waals surface area contributed by atoms with E-state index in [0.29, 0.717) is 18.8 Å². The molecule has 0 bridgehead atoms. The van der Waals surface area contributed by atoms with Crippen LogP contribution < -0.4 is 5.32 Å². The number of nitrogens with zero attached hydrogens (tertiary/aromatic N) is 2. The van der Waals surface area contributed by atoms with Crippen molar-refractivity contribution in [3.63, 3.8) is 0 Å². The lowest BCUT2D eigenvalue weighted by molar-refractivity contribution is -0.384. The summed E-state index contributed by atoms with van der Waals surface area (Å²) in [5, 5.41) is 13.5. The molecule has 0 aliphatic carbocycles. The van der Waals surface area contributed by atoms with Crippen molar-refractivity contribution >= 4 is 17.3 Å². The normalized spacial score (nSPS) is 10.6. The molecule has 142 valence electrons. The molecule has 0 aliphatic rings. The number of hydrogen-bond acceptors (Lipinski definition) is 4. The zero-order valence-electron chi connectivity index (χ0n) is 15.3. The van der Waals surface area contributed by atoms with Gasteiger partial charge in [0.25, 0.3) is 5.69 Å². The second-order valence-electron chi connectivity index (χ2n) is 6.47. The largest absolute Gasteiger partial charge is 0.325 e. The van der Waals surface area contributed by atoms with Gasteiger partial charge in [-0.1, -0.05) is 60.7 Å². The Kier molecular flexibility index (Phi) is 6.49. The number of benzene rings is 3. The summed E-state index contributed by atoms with van der Waals surface area (Å²) < 4.78 is 0. The minimum atomic E-state index is -0.465. The van der Waals surface area contributed by atoms with Crippen molar-refractivity contribution in [3.8, 4) is 0 Å². The fraction of sp³-hybridized carbons (Fsp3) is 0.136. The molecule has 1 amide bonds. The molecule has 0 atom stereocenters. The van der Waals surface area contributed by atoms with Gasteiger partial charge in [-0.05, 0) is 23.3 Å². The number of amides is 1. The highest BCUT2D eigenvalue weighted by Crippen LogP contribution is 2.16. The third kappa shape index (κ3) is 5.75. The van der Waals surface area contributed by atoms with Crippen LogP contribution in [0.4, 0.5) is 11.4 Å². The molecule has 0 unspecified atom stereocenters. The first-order valence-corrected chi connectivity index (χ1v) is 8.94. The van der Waals surface area contributed by atoms with Crippen LogP contribution in [-0.4, -0.2) is 22.3 Å². The molecule has 0 saturated heterocycles. The lowest BCUT2D eigenvalue weighted by atomic mass is 10.1. The number of non-ortho nitro benzene ring substituents is 1. The number of nitrogens with one attached hydrogen (secondary N) is 1. The first-order chi connectivity index (χ1) is 13.6. The Labute approximate surface area is 163 Å². The standard InChI is InChI=1S/C22H21N3O3/c26-22(23-20-11-13-21(14-12-20)25(27)28)17-24(15-18-7-3-1-4-8-18)16-19-9-5-2-6-10-19/h1-14H,15-17H2,(H,23,26). The van der Waals surface area contributed by atoms with Gasteiger partial charge in [0.15, 0.2) is 0 Å². The van der Waals surface area contributed by atoms with Crippen molar-refractivity contribution in [2.75, 3.05) is 11.9 Å². The third-order valence-corrected chi connectivity index (χ3v) is 4.23. The molecule has 0 spiro atoms. The average molecular weight is 375 g/mol. The number of nitro benzene ring substituents is 1. The van der Waals surface area contributed by atoms with Crippen molar-refractivity contribution in [1.82, 2.24) is 4.90 Å². The molecule has 0 fully saturated rings. The van der Waals surface area contributed by atoms with Crippen LogP contribution in [0.25, 0.3) is 0 Å². The topological polar surface area (TPSA) is 75.5 Å². The first-order valence-electron chi connectivity index (χ1n) is 8.94. The molecule has 0 radical (unpaired) electrons. The van der Waals surface area contributed by atoms with Gasteiger partial charge in [-0.2, -0.15) is 0 Å². The molecule has 0 aliphatic heterocycles. The molecule has 3 rings (SSSR count). The number of nitro groups is 1. The molecule has 3 aromatic carbocycles. The van der Waals surface area contributed by atoms with Crippen molar-refractivity contribution in [2.45, 2.75) is 13.1 Å². The van der Waals surface area contributed by atoms with Crippen LogP contribution in [-0.2, 0) is 17.9 Å². The fourth-order valence-corrected chi connectivity index (χ4v) is 2.92. The van der Waals surface area contributed by atoms with Gasteiger partial charge in [0, 0.05) is 30.9 Å². The van der Waals surface area contributed by atoms with Crippen LogP contribution in [0.2, 0.25) is 0 Å². The van der Waals surface area contributed by atoms with E-state index in [0.717, 1.165) is 11.1 Å². The summed E-state index contributed by atoms with van der Waals surface area (Å²) in [7, 11) is 0. The second kappa shape index (κ2) is 9.43. The number of hydrogen-bond donors (Lipinski definition) is 1. The van der Waals surface area contributed by atoms with E-state index in [1.165, 1.54) is 24.3 Å². The third-order valence-electron chi connectivity index (χ3n) is 4.23. The van der Waals surface area contributed by atoms with Crippen LogP contribution in [0.1, 0.15) is 11.1 Å². The molecule has 28 heavy (non-hydrogen) atoms. The van der Waals surface area contributed by atoms with Crippen LogP contribution in [0.15, 0.2) is 84.9 Å². The van der Waals surface area contributed by atoms with Gasteiger partial charge >= 0.3 is 0 Å². The molecule has 0 aromatic heterocycles. The first kappa shape index (κ1) is 19.3. The van der Waals surface area contributed by atoms with E-state index in [-0.39, 0.29) is 18.1 Å².